The number of amides is 3. The van der Waals surface area contributed by atoms with Crippen LogP contribution in [0.2, 0.25) is 10.2 Å². The van der Waals surface area contributed by atoms with Crippen molar-refractivity contribution in [2.24, 2.45) is 0 Å². The van der Waals surface area contributed by atoms with Crippen LogP contribution in [0.4, 0.5) is 22.0 Å². The molecule has 2 saturated heterocycles. The summed E-state index contributed by atoms with van der Waals surface area (Å²) >= 11 is 13.7. The molecule has 0 bridgehead atoms. The number of carbonyl (C=O) groups excluding carboxylic acids is 2. The van der Waals surface area contributed by atoms with Crippen LogP contribution < -0.4 is 19.9 Å². The lowest BCUT2D eigenvalue weighted by Gasteiger charge is -2.40. The molecule has 0 radical (unpaired) electrons. The van der Waals surface area contributed by atoms with E-state index in [4.69, 9.17) is 32.9 Å². The Balaban J connectivity index is 1.12. The highest BCUT2D eigenvalue weighted by atomic mass is 35.5. The minimum atomic E-state index is -0.176. The highest BCUT2D eigenvalue weighted by Crippen LogP contribution is 2.26. The van der Waals surface area contributed by atoms with Gasteiger partial charge in [-0.2, -0.15) is 0 Å². The van der Waals surface area contributed by atoms with Gasteiger partial charge in [-0.05, 0) is 49.4 Å². The average Bonchev–Trinajstić information content (AvgIpc) is 2.99. The van der Waals surface area contributed by atoms with Gasteiger partial charge in [0.25, 0.3) is 0 Å². The Hall–Kier alpha value is -3.41. The molecular formula is C29H33Cl2N7O3S. The van der Waals surface area contributed by atoms with E-state index in [-0.39, 0.29) is 23.7 Å². The van der Waals surface area contributed by atoms with Crippen molar-refractivity contribution in [1.82, 2.24) is 19.8 Å². The third-order valence-corrected chi connectivity index (χ3v) is 8.60. The van der Waals surface area contributed by atoms with Gasteiger partial charge < -0.3 is 29.7 Å². The molecule has 1 atom stereocenters. The van der Waals surface area contributed by atoms with E-state index in [1.165, 1.54) is 11.8 Å². The molecule has 1 N–H and O–H groups in total. The summed E-state index contributed by atoms with van der Waals surface area (Å²) in [6.07, 6.45) is 0. The number of nitrogens with zero attached hydrogens (tertiary/aromatic N) is 6. The lowest BCUT2D eigenvalue weighted by atomic mass is 10.2. The number of halogens is 2. The van der Waals surface area contributed by atoms with Gasteiger partial charge in [0.15, 0.2) is 5.16 Å². The summed E-state index contributed by atoms with van der Waals surface area (Å²) in [6.45, 7) is 6.51. The van der Waals surface area contributed by atoms with Crippen LogP contribution in [0, 0.1) is 0 Å². The summed E-state index contributed by atoms with van der Waals surface area (Å²) in [7, 11) is 1.65. The molecule has 2 fully saturated rings. The molecule has 3 heterocycles. The number of hydrogen-bond donors (Lipinski definition) is 1. The minimum absolute atomic E-state index is 0.0486. The summed E-state index contributed by atoms with van der Waals surface area (Å²) in [5, 5.41) is 4.25. The molecule has 13 heteroatoms. The van der Waals surface area contributed by atoms with E-state index in [1.54, 1.807) is 42.3 Å². The van der Waals surface area contributed by atoms with Crippen molar-refractivity contribution in [1.29, 1.82) is 0 Å². The van der Waals surface area contributed by atoms with Crippen LogP contribution in [0.25, 0.3) is 0 Å². The second kappa shape index (κ2) is 13.7. The van der Waals surface area contributed by atoms with Gasteiger partial charge >= 0.3 is 6.03 Å². The second-order valence-electron chi connectivity index (χ2n) is 10.1. The highest BCUT2D eigenvalue weighted by Gasteiger charge is 2.29. The topological polar surface area (TPSA) is 94.1 Å². The Morgan fingerprint density at radius 1 is 0.976 bits per heavy atom. The van der Waals surface area contributed by atoms with Crippen molar-refractivity contribution in [3.05, 3.63) is 64.8 Å². The Labute approximate surface area is 259 Å². The molecule has 3 aromatic rings. The number of methoxy groups -OCH3 is 1. The number of urea groups is 1. The number of hydrogen-bond acceptors (Lipinski definition) is 8. The molecule has 0 spiro atoms. The maximum Gasteiger partial charge on any atom is 0.322 e. The normalized spacial score (nSPS) is 17.3. The zero-order valence-corrected chi connectivity index (χ0v) is 25.8. The molecule has 222 valence electrons. The number of aromatic nitrogens is 2. The highest BCUT2D eigenvalue weighted by molar-refractivity contribution is 7.99. The Morgan fingerprint density at radius 2 is 1.71 bits per heavy atom. The molecule has 0 saturated carbocycles. The van der Waals surface area contributed by atoms with Crippen LogP contribution in [-0.2, 0) is 4.79 Å². The Morgan fingerprint density at radius 3 is 2.40 bits per heavy atom. The van der Waals surface area contributed by atoms with Gasteiger partial charge in [0.05, 0.1) is 12.9 Å². The Bertz CT molecular complexity index is 1410. The molecule has 0 aliphatic carbocycles. The molecule has 2 aliphatic heterocycles. The summed E-state index contributed by atoms with van der Waals surface area (Å²) in [5.74, 6) is 1.79. The van der Waals surface area contributed by atoms with E-state index in [2.05, 4.69) is 20.1 Å². The number of anilines is 3. The molecule has 5 rings (SSSR count). The van der Waals surface area contributed by atoms with Crippen molar-refractivity contribution >= 4 is 64.1 Å². The lowest BCUT2D eigenvalue weighted by molar-refractivity contribution is -0.128. The molecular weight excluding hydrogens is 597 g/mol. The third kappa shape index (κ3) is 7.50. The van der Waals surface area contributed by atoms with Gasteiger partial charge in [0, 0.05) is 74.3 Å². The third-order valence-electron chi connectivity index (χ3n) is 7.34. The van der Waals surface area contributed by atoms with E-state index < -0.39 is 0 Å². The summed E-state index contributed by atoms with van der Waals surface area (Å²) in [6, 6.07) is 16.5. The summed E-state index contributed by atoms with van der Waals surface area (Å²) < 4.78 is 5.24. The zero-order chi connectivity index (χ0) is 29.6. The first-order chi connectivity index (χ1) is 20.3. The van der Waals surface area contributed by atoms with Crippen LogP contribution in [-0.4, -0.2) is 96.4 Å². The number of rotatable bonds is 7. The molecule has 2 aromatic carbocycles. The van der Waals surface area contributed by atoms with Crippen molar-refractivity contribution in [2.45, 2.75) is 18.1 Å². The standard InChI is InChI=1S/C29H33Cl2N7O3S/c1-20-18-37(14-15-38(20)29(40)32-22-5-3-4-21(30)16-22)26-17-25(31)33-28(34-26)42-19-27(39)36-12-10-35(11-13-36)23-6-8-24(41-2)9-7-23/h3-9,16-17,20H,10-15,18-19H2,1-2H3,(H,32,40). The van der Waals surface area contributed by atoms with Crippen LogP contribution in [0.5, 0.6) is 5.75 Å². The fourth-order valence-corrected chi connectivity index (χ4v) is 6.24. The first-order valence-electron chi connectivity index (χ1n) is 13.7. The van der Waals surface area contributed by atoms with Gasteiger partial charge in [-0.3, -0.25) is 4.79 Å². The molecule has 1 unspecified atom stereocenters. The first kappa shape index (κ1) is 30.1. The minimum Gasteiger partial charge on any atom is -0.497 e. The monoisotopic (exact) mass is 629 g/mol. The number of thioether (sulfide) groups is 1. The fourth-order valence-electron chi connectivity index (χ4n) is 5.07. The number of carbonyl (C=O) groups is 2. The van der Waals surface area contributed by atoms with Crippen LogP contribution in [0.3, 0.4) is 0 Å². The number of piperazine rings is 2. The number of ether oxygens (including phenoxy) is 1. The van der Waals surface area contributed by atoms with Gasteiger partial charge in [-0.15, -0.1) is 0 Å². The maximum atomic E-state index is 13.0. The molecule has 1 aromatic heterocycles. The number of benzene rings is 2. The number of nitrogens with one attached hydrogen (secondary N) is 1. The fraction of sp³-hybridized carbons (Fsp3) is 0.379. The van der Waals surface area contributed by atoms with Gasteiger partial charge in [-0.1, -0.05) is 41.0 Å². The van der Waals surface area contributed by atoms with Crippen molar-refractivity contribution < 1.29 is 14.3 Å². The summed E-state index contributed by atoms with van der Waals surface area (Å²) in [5.41, 5.74) is 1.77. The SMILES string of the molecule is COc1ccc(N2CCN(C(=O)CSc3nc(Cl)cc(N4CCN(C(=O)Nc5cccc(Cl)c5)C(C)C4)n3)CC2)cc1. The van der Waals surface area contributed by atoms with E-state index >= 15 is 0 Å². The van der Waals surface area contributed by atoms with Gasteiger partial charge in [0.1, 0.15) is 16.7 Å². The molecule has 42 heavy (non-hydrogen) atoms. The van der Waals surface area contributed by atoms with E-state index in [1.807, 2.05) is 36.1 Å². The molecule has 2 aliphatic rings. The van der Waals surface area contributed by atoms with Crippen LogP contribution >= 0.6 is 35.0 Å². The van der Waals surface area contributed by atoms with Gasteiger partial charge in [-0.25, -0.2) is 14.8 Å². The first-order valence-corrected chi connectivity index (χ1v) is 15.5. The van der Waals surface area contributed by atoms with Crippen LogP contribution in [0.15, 0.2) is 59.8 Å². The maximum absolute atomic E-state index is 13.0. The van der Waals surface area contributed by atoms with Crippen molar-refractivity contribution in [3.63, 3.8) is 0 Å². The van der Waals surface area contributed by atoms with Crippen molar-refractivity contribution in [2.75, 3.05) is 73.8 Å². The average molecular weight is 631 g/mol. The predicted octanol–water partition coefficient (Wildman–Crippen LogP) is 4.98. The van der Waals surface area contributed by atoms with Crippen molar-refractivity contribution in [3.8, 4) is 5.75 Å². The lowest BCUT2D eigenvalue weighted by Crippen LogP contribution is -2.55. The molecule has 3 amide bonds. The summed E-state index contributed by atoms with van der Waals surface area (Å²) in [4.78, 5) is 42.9. The van der Waals surface area contributed by atoms with Gasteiger partial charge in [0.2, 0.25) is 5.91 Å². The quantitative estimate of drug-likeness (QED) is 0.222. The smallest absolute Gasteiger partial charge is 0.322 e. The van der Waals surface area contributed by atoms with E-state index in [9.17, 15) is 9.59 Å². The predicted molar refractivity (Wildman–Crippen MR) is 168 cm³/mol. The largest absolute Gasteiger partial charge is 0.497 e. The van der Waals surface area contributed by atoms with E-state index in [0.717, 1.165) is 24.5 Å². The molecule has 10 nitrogen and oxygen atoms in total. The Kier molecular flexibility index (Phi) is 9.81. The van der Waals surface area contributed by atoms with Crippen LogP contribution in [0.1, 0.15) is 6.92 Å². The zero-order valence-electron chi connectivity index (χ0n) is 23.5. The van der Waals surface area contributed by atoms with E-state index in [0.29, 0.717) is 59.6 Å². The second-order valence-corrected chi connectivity index (χ2v) is 11.9.